The van der Waals surface area contributed by atoms with Gasteiger partial charge >= 0.3 is 0 Å². The van der Waals surface area contributed by atoms with Crippen LogP contribution in [0, 0.1) is 20.8 Å². The molecule has 2 heterocycles. The van der Waals surface area contributed by atoms with Crippen molar-refractivity contribution < 1.29 is 14.3 Å². The number of para-hydroxylation sites is 4. The highest BCUT2D eigenvalue weighted by Gasteiger charge is 2.36. The zero-order valence-corrected chi connectivity index (χ0v) is 20.7. The monoisotopic (exact) mass is 469 g/mol. The highest BCUT2D eigenvalue weighted by Crippen LogP contribution is 2.36. The minimum absolute atomic E-state index is 0.0151. The van der Waals surface area contributed by atoms with Crippen molar-refractivity contribution in [3.8, 4) is 11.5 Å². The van der Waals surface area contributed by atoms with Gasteiger partial charge in [-0.15, -0.1) is 0 Å². The molecule has 1 aromatic heterocycles. The van der Waals surface area contributed by atoms with Gasteiger partial charge in [0.2, 0.25) is 5.91 Å². The van der Waals surface area contributed by atoms with E-state index in [1.54, 1.807) is 7.11 Å². The van der Waals surface area contributed by atoms with Crippen LogP contribution in [0.15, 0.2) is 60.7 Å². The number of hydrogen-bond donors (Lipinski definition) is 0. The lowest BCUT2D eigenvalue weighted by molar-refractivity contribution is -0.117. The molecule has 1 saturated heterocycles. The number of fused-ring (bicyclic) bond motifs is 1. The zero-order valence-electron chi connectivity index (χ0n) is 20.7. The van der Waals surface area contributed by atoms with Crippen LogP contribution in [0.4, 0.5) is 5.69 Å². The van der Waals surface area contributed by atoms with Crippen LogP contribution in [-0.2, 0) is 11.3 Å². The Bertz CT molecular complexity index is 1370. The van der Waals surface area contributed by atoms with Gasteiger partial charge in [-0.2, -0.15) is 0 Å². The minimum atomic E-state index is 0.0151. The molecule has 1 unspecified atom stereocenters. The summed E-state index contributed by atoms with van der Waals surface area (Å²) in [5.74, 6) is 2.53. The lowest BCUT2D eigenvalue weighted by Crippen LogP contribution is -2.26. The molecule has 0 radical (unpaired) electrons. The van der Waals surface area contributed by atoms with Crippen molar-refractivity contribution >= 4 is 22.6 Å². The number of imidazole rings is 1. The molecule has 1 amide bonds. The number of ether oxygens (including phenoxy) is 2. The molecule has 1 aliphatic rings. The second-order valence-electron chi connectivity index (χ2n) is 9.26. The van der Waals surface area contributed by atoms with Gasteiger partial charge in [0.05, 0.1) is 24.7 Å². The molecule has 35 heavy (non-hydrogen) atoms. The Labute approximate surface area is 206 Å². The van der Waals surface area contributed by atoms with Crippen LogP contribution < -0.4 is 14.4 Å². The maximum atomic E-state index is 13.2. The molecule has 1 atom stereocenters. The Morgan fingerprint density at radius 1 is 0.971 bits per heavy atom. The first kappa shape index (κ1) is 23.0. The van der Waals surface area contributed by atoms with Gasteiger partial charge in [-0.1, -0.05) is 42.0 Å². The van der Waals surface area contributed by atoms with Crippen LogP contribution in [0.1, 0.15) is 34.9 Å². The van der Waals surface area contributed by atoms with Gasteiger partial charge in [-0.05, 0) is 56.2 Å². The molecule has 0 bridgehead atoms. The Morgan fingerprint density at radius 2 is 1.66 bits per heavy atom. The number of hydrogen-bond acceptors (Lipinski definition) is 4. The lowest BCUT2D eigenvalue weighted by atomic mass is 10.0. The Morgan fingerprint density at radius 3 is 2.40 bits per heavy atom. The number of methoxy groups -OCH3 is 1. The number of anilines is 1. The Hall–Kier alpha value is -3.80. The first-order valence-electron chi connectivity index (χ1n) is 12.1. The summed E-state index contributed by atoms with van der Waals surface area (Å²) in [6.07, 6.45) is 0.448. The van der Waals surface area contributed by atoms with E-state index in [9.17, 15) is 4.79 Å². The van der Waals surface area contributed by atoms with Crippen molar-refractivity contribution in [2.75, 3.05) is 25.2 Å². The van der Waals surface area contributed by atoms with Gasteiger partial charge in [-0.3, -0.25) is 4.79 Å². The topological polar surface area (TPSA) is 56.6 Å². The molecule has 0 aliphatic carbocycles. The maximum Gasteiger partial charge on any atom is 0.227 e. The third-order valence-corrected chi connectivity index (χ3v) is 6.72. The fourth-order valence-electron chi connectivity index (χ4n) is 5.32. The molecule has 0 saturated carbocycles. The molecule has 5 rings (SSSR count). The van der Waals surface area contributed by atoms with Gasteiger partial charge < -0.3 is 18.9 Å². The smallest absolute Gasteiger partial charge is 0.227 e. The van der Waals surface area contributed by atoms with Crippen molar-refractivity contribution in [1.29, 1.82) is 0 Å². The van der Waals surface area contributed by atoms with Crippen molar-refractivity contribution in [3.05, 3.63) is 83.2 Å². The molecular formula is C29H31N3O3. The van der Waals surface area contributed by atoms with Crippen LogP contribution in [0.3, 0.4) is 0 Å². The van der Waals surface area contributed by atoms with Crippen LogP contribution in [0.5, 0.6) is 11.5 Å². The summed E-state index contributed by atoms with van der Waals surface area (Å²) >= 11 is 0. The lowest BCUT2D eigenvalue weighted by Gasteiger charge is -2.22. The van der Waals surface area contributed by atoms with E-state index in [1.807, 2.05) is 47.4 Å². The molecule has 4 aromatic rings. The fraction of sp³-hybridized carbons (Fsp3) is 0.310. The third-order valence-electron chi connectivity index (χ3n) is 6.72. The molecule has 6 nitrogen and oxygen atoms in total. The SMILES string of the molecule is COc1ccccc1OCCn1c(C2CC(=O)N(c3c(C)cc(C)cc3C)C2)nc2ccccc21. The van der Waals surface area contributed by atoms with Gasteiger partial charge in [0.1, 0.15) is 12.4 Å². The zero-order chi connectivity index (χ0) is 24.5. The minimum Gasteiger partial charge on any atom is -0.493 e. The quantitative estimate of drug-likeness (QED) is 0.355. The standard InChI is InChI=1S/C29H31N3O3/c1-19-15-20(2)28(21(3)16-19)32-18-22(17-27(32)33)29-30-23-9-5-6-10-24(23)31(29)13-14-35-26-12-8-7-11-25(26)34-4/h5-12,15-16,22H,13-14,17-18H2,1-4H3. The van der Waals surface area contributed by atoms with E-state index in [4.69, 9.17) is 14.5 Å². The highest BCUT2D eigenvalue weighted by molar-refractivity contribution is 5.98. The van der Waals surface area contributed by atoms with Crippen LogP contribution in [0.2, 0.25) is 0 Å². The summed E-state index contributed by atoms with van der Waals surface area (Å²) in [5, 5.41) is 0. The van der Waals surface area contributed by atoms with E-state index in [-0.39, 0.29) is 11.8 Å². The number of aryl methyl sites for hydroxylation is 3. The average molecular weight is 470 g/mol. The summed E-state index contributed by atoms with van der Waals surface area (Å²) in [6, 6.07) is 20.1. The van der Waals surface area contributed by atoms with Crippen molar-refractivity contribution in [3.63, 3.8) is 0 Å². The van der Waals surface area contributed by atoms with E-state index in [2.05, 4.69) is 43.5 Å². The molecule has 180 valence electrons. The van der Waals surface area contributed by atoms with Gasteiger partial charge in [0.15, 0.2) is 11.5 Å². The second kappa shape index (κ2) is 9.45. The summed E-state index contributed by atoms with van der Waals surface area (Å²) in [5.41, 5.74) is 6.51. The molecular weight excluding hydrogens is 438 g/mol. The first-order valence-corrected chi connectivity index (χ1v) is 12.1. The van der Waals surface area contributed by atoms with Crippen LogP contribution in [-0.4, -0.2) is 35.7 Å². The number of carbonyl (C=O) groups is 1. The van der Waals surface area contributed by atoms with Crippen LogP contribution >= 0.6 is 0 Å². The predicted molar refractivity (Wildman–Crippen MR) is 139 cm³/mol. The summed E-state index contributed by atoms with van der Waals surface area (Å²) in [4.78, 5) is 20.1. The van der Waals surface area contributed by atoms with Crippen LogP contribution in [0.25, 0.3) is 11.0 Å². The highest BCUT2D eigenvalue weighted by atomic mass is 16.5. The molecule has 0 N–H and O–H groups in total. The van der Waals surface area contributed by atoms with E-state index < -0.39 is 0 Å². The molecule has 0 spiro atoms. The van der Waals surface area contributed by atoms with Gasteiger partial charge in [-0.25, -0.2) is 4.98 Å². The summed E-state index contributed by atoms with van der Waals surface area (Å²) in [6.45, 7) is 7.98. The number of benzene rings is 3. The van der Waals surface area contributed by atoms with E-state index >= 15 is 0 Å². The molecule has 1 aliphatic heterocycles. The molecule has 3 aromatic carbocycles. The summed E-state index contributed by atoms with van der Waals surface area (Å²) < 4.78 is 13.7. The second-order valence-corrected chi connectivity index (χ2v) is 9.26. The number of nitrogens with zero attached hydrogens (tertiary/aromatic N) is 3. The Kier molecular flexibility index (Phi) is 6.20. The fourth-order valence-corrected chi connectivity index (χ4v) is 5.32. The number of aromatic nitrogens is 2. The van der Waals surface area contributed by atoms with Crippen molar-refractivity contribution in [2.45, 2.75) is 39.7 Å². The van der Waals surface area contributed by atoms with E-state index in [0.29, 0.717) is 37.6 Å². The molecule has 1 fully saturated rings. The average Bonchev–Trinajstić information content (AvgIpc) is 3.39. The summed E-state index contributed by atoms with van der Waals surface area (Å²) in [7, 11) is 1.64. The van der Waals surface area contributed by atoms with Crippen molar-refractivity contribution in [1.82, 2.24) is 9.55 Å². The molecule has 6 heteroatoms. The first-order chi connectivity index (χ1) is 17.0. The van der Waals surface area contributed by atoms with Gasteiger partial charge in [0, 0.05) is 24.6 Å². The number of rotatable bonds is 7. The maximum absolute atomic E-state index is 13.2. The van der Waals surface area contributed by atoms with Gasteiger partial charge in [0.25, 0.3) is 0 Å². The van der Waals surface area contributed by atoms with Crippen molar-refractivity contribution in [2.24, 2.45) is 0 Å². The normalized spacial score (nSPS) is 15.7. The van der Waals surface area contributed by atoms with E-state index in [0.717, 1.165) is 33.7 Å². The van der Waals surface area contributed by atoms with E-state index in [1.165, 1.54) is 5.56 Å². The number of carbonyl (C=O) groups excluding carboxylic acids is 1. The Balaban J connectivity index is 1.43. The number of amides is 1. The predicted octanol–water partition coefficient (Wildman–Crippen LogP) is 5.57. The third kappa shape index (κ3) is 4.36. The largest absolute Gasteiger partial charge is 0.493 e.